The van der Waals surface area contributed by atoms with Crippen molar-refractivity contribution >= 4 is 40.6 Å². The second-order valence-corrected chi connectivity index (χ2v) is 9.43. The number of carbonyl (C=O) groups excluding carboxylic acids is 3. The predicted octanol–water partition coefficient (Wildman–Crippen LogP) is 5.07. The van der Waals surface area contributed by atoms with Crippen molar-refractivity contribution in [2.24, 2.45) is 5.92 Å². The van der Waals surface area contributed by atoms with Gasteiger partial charge >= 0.3 is 0 Å². The van der Waals surface area contributed by atoms with Crippen LogP contribution in [0.3, 0.4) is 0 Å². The number of carbonyl (C=O) groups is 3. The highest BCUT2D eigenvalue weighted by Gasteiger charge is 2.27. The van der Waals surface area contributed by atoms with E-state index in [9.17, 15) is 18.8 Å². The van der Waals surface area contributed by atoms with Gasteiger partial charge in [0.15, 0.2) is 5.78 Å². The summed E-state index contributed by atoms with van der Waals surface area (Å²) in [5.41, 5.74) is 2.26. The van der Waals surface area contributed by atoms with Gasteiger partial charge in [-0.2, -0.15) is 0 Å². The first-order chi connectivity index (χ1) is 17.8. The number of hydrogen-bond acceptors (Lipinski definition) is 5. The molecule has 2 amide bonds. The van der Waals surface area contributed by atoms with Gasteiger partial charge in [-0.25, -0.2) is 9.37 Å². The van der Waals surface area contributed by atoms with E-state index in [2.05, 4.69) is 15.2 Å². The molecule has 192 valence electrons. The van der Waals surface area contributed by atoms with Gasteiger partial charge in [-0.3, -0.25) is 14.4 Å². The first-order valence-electron chi connectivity index (χ1n) is 12.1. The molecule has 0 atom stereocenters. The van der Waals surface area contributed by atoms with Crippen LogP contribution < -0.4 is 10.2 Å². The van der Waals surface area contributed by atoms with Gasteiger partial charge in [-0.15, -0.1) is 0 Å². The molecule has 2 aromatic carbocycles. The highest BCUT2D eigenvalue weighted by atomic mass is 35.5. The number of aromatic nitrogens is 1. The molecule has 1 saturated heterocycles. The maximum atomic E-state index is 13.4. The molecule has 1 fully saturated rings. The number of nitrogens with one attached hydrogen (secondary N) is 1. The van der Waals surface area contributed by atoms with Crippen molar-refractivity contribution in [2.45, 2.75) is 19.8 Å². The van der Waals surface area contributed by atoms with E-state index in [1.165, 1.54) is 31.2 Å². The zero-order chi connectivity index (χ0) is 26.4. The minimum atomic E-state index is -0.356. The molecule has 0 unspecified atom stereocenters. The summed E-state index contributed by atoms with van der Waals surface area (Å²) in [6.45, 7) is 3.92. The quantitative estimate of drug-likeness (QED) is 0.330. The van der Waals surface area contributed by atoms with Crippen LogP contribution in [0.25, 0.3) is 0 Å². The second kappa shape index (κ2) is 12.1. The highest BCUT2D eigenvalue weighted by Crippen LogP contribution is 2.23. The van der Waals surface area contributed by atoms with Crippen LogP contribution in [0.5, 0.6) is 0 Å². The Hall–Kier alpha value is -3.62. The van der Waals surface area contributed by atoms with Gasteiger partial charge in [0.05, 0.1) is 11.9 Å². The Bertz CT molecular complexity index is 1240. The fraction of sp³-hybridized carbons (Fsp3) is 0.286. The Kier molecular flexibility index (Phi) is 8.63. The molecule has 1 aliphatic rings. The van der Waals surface area contributed by atoms with E-state index in [1.807, 2.05) is 0 Å². The molecule has 0 radical (unpaired) electrons. The standard InChI is InChI=1S/C28H28ClFN4O3/c1-19(35)32-24-8-4-22(5-9-24)28(37)34(25-10-11-26(29)31-18-25)17-16-33-14-12-21(13-15-33)27(36)20-2-6-23(30)7-3-20/h2-11,18,21H,12-17H2,1H3,(H,32,35). The molecular formula is C28H28ClFN4O3. The zero-order valence-electron chi connectivity index (χ0n) is 20.5. The Morgan fingerprint density at radius 1 is 1.00 bits per heavy atom. The highest BCUT2D eigenvalue weighted by molar-refractivity contribution is 6.29. The molecule has 4 rings (SSSR count). The number of anilines is 2. The fourth-order valence-electron chi connectivity index (χ4n) is 4.44. The number of rotatable bonds is 8. The van der Waals surface area contributed by atoms with Gasteiger partial charge in [-0.1, -0.05) is 11.6 Å². The summed E-state index contributed by atoms with van der Waals surface area (Å²) < 4.78 is 13.2. The molecule has 0 aliphatic carbocycles. The van der Waals surface area contributed by atoms with Crippen LogP contribution in [0.1, 0.15) is 40.5 Å². The average Bonchev–Trinajstić information content (AvgIpc) is 2.90. The number of hydrogen-bond donors (Lipinski definition) is 1. The van der Waals surface area contributed by atoms with Gasteiger partial charge in [0.25, 0.3) is 5.91 Å². The monoisotopic (exact) mass is 522 g/mol. The third kappa shape index (κ3) is 6.99. The number of benzene rings is 2. The molecule has 2 heterocycles. The molecule has 37 heavy (non-hydrogen) atoms. The van der Waals surface area contributed by atoms with E-state index in [4.69, 9.17) is 11.6 Å². The molecule has 3 aromatic rings. The van der Waals surface area contributed by atoms with Crippen molar-refractivity contribution in [1.82, 2.24) is 9.88 Å². The summed E-state index contributed by atoms with van der Waals surface area (Å²) >= 11 is 5.96. The lowest BCUT2D eigenvalue weighted by molar-refractivity contribution is -0.114. The van der Waals surface area contributed by atoms with Crippen molar-refractivity contribution < 1.29 is 18.8 Å². The lowest BCUT2D eigenvalue weighted by Gasteiger charge is -2.33. The van der Waals surface area contributed by atoms with Crippen molar-refractivity contribution in [1.29, 1.82) is 0 Å². The van der Waals surface area contributed by atoms with Crippen LogP contribution in [0.2, 0.25) is 5.15 Å². The SMILES string of the molecule is CC(=O)Nc1ccc(C(=O)N(CCN2CCC(C(=O)c3ccc(F)cc3)CC2)c2ccc(Cl)nc2)cc1. The Labute approximate surface area is 220 Å². The number of nitrogens with zero attached hydrogens (tertiary/aromatic N) is 3. The van der Waals surface area contributed by atoms with Crippen molar-refractivity contribution in [3.8, 4) is 0 Å². The first-order valence-corrected chi connectivity index (χ1v) is 12.5. The number of amides is 2. The summed E-state index contributed by atoms with van der Waals surface area (Å²) in [6, 6.07) is 15.8. The number of ketones is 1. The molecule has 1 N–H and O–H groups in total. The van der Waals surface area contributed by atoms with E-state index in [1.54, 1.807) is 47.5 Å². The summed E-state index contributed by atoms with van der Waals surface area (Å²) in [7, 11) is 0. The molecule has 1 aliphatic heterocycles. The van der Waals surface area contributed by atoms with Gasteiger partial charge < -0.3 is 15.1 Å². The van der Waals surface area contributed by atoms with E-state index in [0.29, 0.717) is 53.6 Å². The number of halogens is 2. The van der Waals surface area contributed by atoms with E-state index in [-0.39, 0.29) is 29.3 Å². The van der Waals surface area contributed by atoms with Crippen LogP contribution in [0, 0.1) is 11.7 Å². The Morgan fingerprint density at radius 3 is 2.24 bits per heavy atom. The Morgan fingerprint density at radius 2 is 1.65 bits per heavy atom. The maximum Gasteiger partial charge on any atom is 0.258 e. The molecule has 1 aromatic heterocycles. The number of pyridine rings is 1. The van der Waals surface area contributed by atoms with E-state index in [0.717, 1.165) is 13.1 Å². The molecular weight excluding hydrogens is 495 g/mol. The summed E-state index contributed by atoms with van der Waals surface area (Å²) in [4.78, 5) is 45.6. The minimum Gasteiger partial charge on any atom is -0.326 e. The summed E-state index contributed by atoms with van der Waals surface area (Å²) in [6.07, 6.45) is 2.98. The maximum absolute atomic E-state index is 13.4. The van der Waals surface area contributed by atoms with Gasteiger partial charge in [-0.05, 0) is 86.6 Å². The molecule has 9 heteroatoms. The Balaban J connectivity index is 1.40. The molecule has 0 spiro atoms. The van der Waals surface area contributed by atoms with Crippen molar-refractivity contribution in [3.05, 3.63) is 89.0 Å². The average molecular weight is 523 g/mol. The van der Waals surface area contributed by atoms with Gasteiger partial charge in [0.2, 0.25) is 5.91 Å². The summed E-state index contributed by atoms with van der Waals surface area (Å²) in [5, 5.41) is 3.03. The van der Waals surface area contributed by atoms with Crippen LogP contribution in [-0.2, 0) is 4.79 Å². The van der Waals surface area contributed by atoms with Crippen LogP contribution in [0.15, 0.2) is 66.9 Å². The third-order valence-corrected chi connectivity index (χ3v) is 6.67. The topological polar surface area (TPSA) is 82.6 Å². The van der Waals surface area contributed by atoms with Crippen LogP contribution in [0.4, 0.5) is 15.8 Å². The van der Waals surface area contributed by atoms with Crippen molar-refractivity contribution in [2.75, 3.05) is 36.4 Å². The van der Waals surface area contributed by atoms with E-state index < -0.39 is 0 Å². The molecule has 0 bridgehead atoms. The predicted molar refractivity (Wildman–Crippen MR) is 142 cm³/mol. The van der Waals surface area contributed by atoms with Gasteiger partial charge in [0, 0.05) is 42.7 Å². The lowest BCUT2D eigenvalue weighted by Crippen LogP contribution is -2.43. The normalized spacial score (nSPS) is 14.2. The fourth-order valence-corrected chi connectivity index (χ4v) is 4.55. The van der Waals surface area contributed by atoms with Crippen LogP contribution >= 0.6 is 11.6 Å². The summed E-state index contributed by atoms with van der Waals surface area (Å²) in [5.74, 6) is -0.783. The zero-order valence-corrected chi connectivity index (χ0v) is 21.2. The number of piperidine rings is 1. The van der Waals surface area contributed by atoms with E-state index >= 15 is 0 Å². The minimum absolute atomic E-state index is 0.0476. The smallest absolute Gasteiger partial charge is 0.258 e. The molecule has 7 nitrogen and oxygen atoms in total. The number of likely N-dealkylation sites (tertiary alicyclic amines) is 1. The molecule has 0 saturated carbocycles. The van der Waals surface area contributed by atoms with Crippen molar-refractivity contribution in [3.63, 3.8) is 0 Å². The number of Topliss-reactive ketones (excluding diaryl/α,β-unsaturated/α-hetero) is 1. The lowest BCUT2D eigenvalue weighted by atomic mass is 9.89. The second-order valence-electron chi connectivity index (χ2n) is 9.04. The third-order valence-electron chi connectivity index (χ3n) is 6.45. The first kappa shape index (κ1) is 26.4. The largest absolute Gasteiger partial charge is 0.326 e. The van der Waals surface area contributed by atoms with Gasteiger partial charge in [0.1, 0.15) is 11.0 Å². The van der Waals surface area contributed by atoms with Crippen LogP contribution in [-0.4, -0.2) is 53.7 Å².